The summed E-state index contributed by atoms with van der Waals surface area (Å²) in [5.74, 6) is 0. The van der Waals surface area contributed by atoms with E-state index in [-0.39, 0.29) is 4.90 Å². The van der Waals surface area contributed by atoms with E-state index in [4.69, 9.17) is 5.26 Å². The van der Waals surface area contributed by atoms with Crippen LogP contribution in [0.4, 0.5) is 5.69 Å². The lowest BCUT2D eigenvalue weighted by Crippen LogP contribution is -2.12. The zero-order valence-electron chi connectivity index (χ0n) is 10.5. The summed E-state index contributed by atoms with van der Waals surface area (Å²) in [5.41, 5.74) is 1.28. The second-order valence-corrected chi connectivity index (χ2v) is 5.69. The molecule has 0 aliphatic rings. The van der Waals surface area contributed by atoms with Crippen LogP contribution in [0.3, 0.4) is 0 Å². The molecule has 20 heavy (non-hydrogen) atoms. The molecule has 0 aliphatic heterocycles. The van der Waals surface area contributed by atoms with Gasteiger partial charge in [0.2, 0.25) is 0 Å². The number of hydrogen-bond acceptors (Lipinski definition) is 3. The Morgan fingerprint density at radius 1 is 1.00 bits per heavy atom. The number of nitrogens with one attached hydrogen (secondary N) is 1. The summed E-state index contributed by atoms with van der Waals surface area (Å²) in [7, 11) is -3.59. The molecule has 0 aromatic heterocycles. The average molecular weight is 284 g/mol. The van der Waals surface area contributed by atoms with Crippen molar-refractivity contribution < 1.29 is 8.42 Å². The maximum Gasteiger partial charge on any atom is 0.261 e. The Kier molecular flexibility index (Phi) is 4.18. The minimum Gasteiger partial charge on any atom is -0.280 e. The number of para-hydroxylation sites is 1. The SMILES string of the molecule is N#C/C=C\c1ccc(S(=O)(=O)Nc2ccccc2)cc1. The summed E-state index contributed by atoms with van der Waals surface area (Å²) >= 11 is 0. The van der Waals surface area contributed by atoms with Crippen LogP contribution < -0.4 is 4.72 Å². The first-order valence-electron chi connectivity index (χ1n) is 5.86. The molecule has 2 rings (SSSR count). The quantitative estimate of drug-likeness (QED) is 0.877. The van der Waals surface area contributed by atoms with Crippen molar-refractivity contribution in [3.8, 4) is 6.07 Å². The van der Waals surface area contributed by atoms with Crippen LogP contribution in [0, 0.1) is 11.3 Å². The highest BCUT2D eigenvalue weighted by Gasteiger charge is 2.13. The normalized spacial score (nSPS) is 11.2. The van der Waals surface area contributed by atoms with Crippen molar-refractivity contribution >= 4 is 21.8 Å². The Bertz CT molecular complexity index is 743. The number of rotatable bonds is 4. The molecule has 5 heteroatoms. The van der Waals surface area contributed by atoms with Gasteiger partial charge in [-0.1, -0.05) is 30.3 Å². The van der Waals surface area contributed by atoms with Gasteiger partial charge in [-0.05, 0) is 35.9 Å². The molecule has 0 bridgehead atoms. The molecule has 0 aliphatic carbocycles. The summed E-state index contributed by atoms with van der Waals surface area (Å²) in [6.45, 7) is 0. The lowest BCUT2D eigenvalue weighted by atomic mass is 10.2. The minimum absolute atomic E-state index is 0.176. The first kappa shape index (κ1) is 13.8. The molecule has 0 spiro atoms. The van der Waals surface area contributed by atoms with E-state index in [0.717, 1.165) is 5.56 Å². The van der Waals surface area contributed by atoms with Gasteiger partial charge in [0, 0.05) is 11.8 Å². The van der Waals surface area contributed by atoms with Gasteiger partial charge in [-0.2, -0.15) is 5.26 Å². The van der Waals surface area contributed by atoms with Crippen molar-refractivity contribution in [1.82, 2.24) is 0 Å². The smallest absolute Gasteiger partial charge is 0.261 e. The third-order valence-electron chi connectivity index (χ3n) is 2.57. The van der Waals surface area contributed by atoms with E-state index in [2.05, 4.69) is 4.72 Å². The Morgan fingerprint density at radius 3 is 2.25 bits per heavy atom. The molecule has 0 saturated carbocycles. The van der Waals surface area contributed by atoms with Gasteiger partial charge in [0.25, 0.3) is 10.0 Å². The lowest BCUT2D eigenvalue weighted by molar-refractivity contribution is 0.601. The highest BCUT2D eigenvalue weighted by molar-refractivity contribution is 7.92. The topological polar surface area (TPSA) is 70.0 Å². The predicted molar refractivity (Wildman–Crippen MR) is 78.3 cm³/mol. The van der Waals surface area contributed by atoms with E-state index < -0.39 is 10.0 Å². The first-order chi connectivity index (χ1) is 9.62. The van der Waals surface area contributed by atoms with E-state index in [1.54, 1.807) is 42.5 Å². The zero-order valence-corrected chi connectivity index (χ0v) is 11.3. The maximum absolute atomic E-state index is 12.1. The van der Waals surface area contributed by atoms with Gasteiger partial charge in [0.15, 0.2) is 0 Å². The van der Waals surface area contributed by atoms with Crippen LogP contribution in [0.2, 0.25) is 0 Å². The van der Waals surface area contributed by atoms with Crippen molar-refractivity contribution in [2.45, 2.75) is 4.90 Å². The number of allylic oxidation sites excluding steroid dienone is 1. The van der Waals surface area contributed by atoms with Crippen molar-refractivity contribution in [2.24, 2.45) is 0 Å². The first-order valence-corrected chi connectivity index (χ1v) is 7.34. The van der Waals surface area contributed by atoms with Crippen LogP contribution in [0.15, 0.2) is 65.6 Å². The van der Waals surface area contributed by atoms with Crippen molar-refractivity contribution in [3.63, 3.8) is 0 Å². The molecule has 0 heterocycles. The minimum atomic E-state index is -3.59. The third-order valence-corrected chi connectivity index (χ3v) is 3.96. The van der Waals surface area contributed by atoms with Gasteiger partial charge < -0.3 is 0 Å². The molecule has 4 nitrogen and oxygen atoms in total. The van der Waals surface area contributed by atoms with Crippen molar-refractivity contribution in [3.05, 3.63) is 66.2 Å². The van der Waals surface area contributed by atoms with Crippen LogP contribution in [0.5, 0.6) is 0 Å². The summed E-state index contributed by atoms with van der Waals surface area (Å²) < 4.78 is 26.8. The fraction of sp³-hybridized carbons (Fsp3) is 0. The molecule has 0 saturated heterocycles. The van der Waals surface area contributed by atoms with Crippen LogP contribution in [0.25, 0.3) is 6.08 Å². The lowest BCUT2D eigenvalue weighted by Gasteiger charge is -2.07. The van der Waals surface area contributed by atoms with Crippen molar-refractivity contribution in [2.75, 3.05) is 4.72 Å². The molecule has 0 unspecified atom stereocenters. The molecule has 2 aromatic rings. The van der Waals surface area contributed by atoms with E-state index in [1.165, 1.54) is 18.2 Å². The van der Waals surface area contributed by atoms with Gasteiger partial charge in [-0.15, -0.1) is 0 Å². The van der Waals surface area contributed by atoms with Gasteiger partial charge in [-0.3, -0.25) is 4.72 Å². The Morgan fingerprint density at radius 2 is 1.65 bits per heavy atom. The molecule has 2 aromatic carbocycles. The van der Waals surface area contributed by atoms with Crippen molar-refractivity contribution in [1.29, 1.82) is 5.26 Å². The Hall–Kier alpha value is -2.58. The van der Waals surface area contributed by atoms with Gasteiger partial charge >= 0.3 is 0 Å². The zero-order chi connectivity index (χ0) is 14.4. The highest BCUT2D eigenvalue weighted by Crippen LogP contribution is 2.16. The second-order valence-electron chi connectivity index (χ2n) is 4.00. The predicted octanol–water partition coefficient (Wildman–Crippen LogP) is 3.02. The number of nitriles is 1. The second kappa shape index (κ2) is 6.04. The summed E-state index contributed by atoms with van der Waals surface area (Å²) in [4.78, 5) is 0.176. The summed E-state index contributed by atoms with van der Waals surface area (Å²) in [6.07, 6.45) is 2.95. The third kappa shape index (κ3) is 3.46. The van der Waals surface area contributed by atoms with Gasteiger partial charge in [-0.25, -0.2) is 8.42 Å². The molecule has 1 N–H and O–H groups in total. The summed E-state index contributed by atoms with van der Waals surface area (Å²) in [5, 5.41) is 8.43. The molecule has 0 atom stereocenters. The largest absolute Gasteiger partial charge is 0.280 e. The number of hydrogen-bond donors (Lipinski definition) is 1. The van der Waals surface area contributed by atoms with Crippen LogP contribution in [-0.2, 0) is 10.0 Å². The summed E-state index contributed by atoms with van der Waals surface area (Å²) in [6, 6.07) is 16.9. The number of nitrogens with zero attached hydrogens (tertiary/aromatic N) is 1. The van der Waals surface area contributed by atoms with E-state index in [0.29, 0.717) is 5.69 Å². The molecule has 0 radical (unpaired) electrons. The monoisotopic (exact) mass is 284 g/mol. The maximum atomic E-state index is 12.1. The Balaban J connectivity index is 2.22. The van der Waals surface area contributed by atoms with E-state index in [9.17, 15) is 8.42 Å². The molecular formula is C15H12N2O2S. The number of anilines is 1. The van der Waals surface area contributed by atoms with Crippen LogP contribution >= 0.6 is 0 Å². The average Bonchev–Trinajstić information content (AvgIpc) is 2.46. The fourth-order valence-corrected chi connectivity index (χ4v) is 2.67. The molecular weight excluding hydrogens is 272 g/mol. The van der Waals surface area contributed by atoms with Gasteiger partial charge in [0.1, 0.15) is 0 Å². The molecule has 100 valence electrons. The van der Waals surface area contributed by atoms with E-state index in [1.807, 2.05) is 12.1 Å². The number of sulfonamides is 1. The highest BCUT2D eigenvalue weighted by atomic mass is 32.2. The van der Waals surface area contributed by atoms with E-state index >= 15 is 0 Å². The standard InChI is InChI=1S/C15H12N2O2S/c16-12-4-5-13-8-10-15(11-9-13)20(18,19)17-14-6-2-1-3-7-14/h1-11,17H/b5-4-. The Labute approximate surface area is 118 Å². The van der Waals surface area contributed by atoms with Crippen LogP contribution in [-0.4, -0.2) is 8.42 Å². The number of benzene rings is 2. The van der Waals surface area contributed by atoms with Gasteiger partial charge in [0.05, 0.1) is 11.0 Å². The fourth-order valence-electron chi connectivity index (χ4n) is 1.61. The van der Waals surface area contributed by atoms with Crippen LogP contribution in [0.1, 0.15) is 5.56 Å². The molecule has 0 fully saturated rings. The molecule has 0 amide bonds.